The van der Waals surface area contributed by atoms with Gasteiger partial charge in [-0.1, -0.05) is 19.1 Å². The molecule has 0 saturated carbocycles. The Morgan fingerprint density at radius 3 is 2.15 bits per heavy atom. The van der Waals surface area contributed by atoms with Crippen molar-refractivity contribution in [1.82, 2.24) is 0 Å². The molecular weight excluding hydrogens is 380 g/mol. The number of hydrogen-bond acceptors (Lipinski definition) is 7. The summed E-state index contributed by atoms with van der Waals surface area (Å²) in [6.07, 6.45) is 0.239. The van der Waals surface area contributed by atoms with Crippen molar-refractivity contribution >= 4 is 20.0 Å². The largest absolute Gasteiger partial charge is 0.465 e. The Labute approximate surface area is 153 Å². The molecule has 7 nitrogen and oxygen atoms in total. The molecule has 0 spiro atoms. The predicted molar refractivity (Wildman–Crippen MR) is 95.5 cm³/mol. The molecule has 0 aromatic heterocycles. The van der Waals surface area contributed by atoms with Gasteiger partial charge >= 0.3 is 10.1 Å². The van der Waals surface area contributed by atoms with Crippen molar-refractivity contribution in [3.63, 3.8) is 0 Å². The molecule has 0 saturated heterocycles. The number of aliphatic hydroxyl groups excluding tert-OH is 1. The van der Waals surface area contributed by atoms with Crippen molar-refractivity contribution < 1.29 is 30.9 Å². The summed E-state index contributed by atoms with van der Waals surface area (Å²) >= 11 is 0. The molecule has 0 bridgehead atoms. The van der Waals surface area contributed by atoms with E-state index in [0.29, 0.717) is 12.0 Å². The van der Waals surface area contributed by atoms with Crippen LogP contribution in [0.4, 0.5) is 0 Å². The summed E-state index contributed by atoms with van der Waals surface area (Å²) < 4.78 is 59.3. The molecule has 1 unspecified atom stereocenters. The quantitative estimate of drug-likeness (QED) is 0.561. The summed E-state index contributed by atoms with van der Waals surface area (Å²) in [6.45, 7) is 3.43. The number of benzene rings is 2. The zero-order valence-corrected chi connectivity index (χ0v) is 16.2. The minimum atomic E-state index is -4.39. The second kappa shape index (κ2) is 7.65. The smallest absolute Gasteiger partial charge is 0.340 e. The average molecular weight is 400 g/mol. The molecule has 26 heavy (non-hydrogen) atoms. The Hall–Kier alpha value is -2.10. The molecule has 0 aliphatic carbocycles. The maximum atomic E-state index is 12.6. The van der Waals surface area contributed by atoms with Crippen LogP contribution in [0.1, 0.15) is 18.9 Å². The fraction of sp³-hybridized carbons (Fsp3) is 0.294. The van der Waals surface area contributed by atoms with Crippen LogP contribution in [0.5, 0.6) is 11.5 Å². The molecule has 142 valence electrons. The number of ether oxygens (including phenoxy) is 1. The zero-order chi connectivity index (χ0) is 19.5. The maximum absolute atomic E-state index is 12.6. The lowest BCUT2D eigenvalue weighted by Crippen LogP contribution is -2.15. The minimum absolute atomic E-state index is 0.0494. The van der Waals surface area contributed by atoms with E-state index >= 15 is 0 Å². The van der Waals surface area contributed by atoms with Crippen LogP contribution in [-0.2, 0) is 20.0 Å². The van der Waals surface area contributed by atoms with E-state index in [0.717, 1.165) is 6.26 Å². The van der Waals surface area contributed by atoms with E-state index < -0.39 is 31.1 Å². The molecule has 2 aromatic carbocycles. The number of aryl methyl sites for hydroxylation is 1. The highest BCUT2D eigenvalue weighted by atomic mass is 32.2. The topological polar surface area (TPSA) is 107 Å². The second-order valence-corrected chi connectivity index (χ2v) is 9.22. The van der Waals surface area contributed by atoms with E-state index in [1.165, 1.54) is 36.4 Å². The van der Waals surface area contributed by atoms with Gasteiger partial charge in [0, 0.05) is 18.7 Å². The van der Waals surface area contributed by atoms with Gasteiger partial charge in [0.2, 0.25) is 0 Å². The molecule has 0 aliphatic heterocycles. The third-order valence-electron chi connectivity index (χ3n) is 3.37. The first kappa shape index (κ1) is 20.2. The first-order chi connectivity index (χ1) is 12.0. The van der Waals surface area contributed by atoms with Gasteiger partial charge in [-0.25, -0.2) is 8.42 Å². The van der Waals surface area contributed by atoms with Crippen molar-refractivity contribution in [2.24, 2.45) is 0 Å². The lowest BCUT2D eigenvalue weighted by molar-refractivity contribution is -0.0192. The van der Waals surface area contributed by atoms with Gasteiger partial charge in [-0.15, -0.1) is 0 Å². The standard InChI is InChI=1S/C17H20O7S2/c1-4-17(18)23-13-9-12(2)10-14(11-13)24-26(21,22)16-8-6-5-7-15(16)25(3,19)20/h5-11,17-18H,4H2,1-3H3. The Morgan fingerprint density at radius 2 is 1.58 bits per heavy atom. The Balaban J connectivity index is 2.43. The van der Waals surface area contributed by atoms with E-state index in [1.54, 1.807) is 19.9 Å². The third-order valence-corrected chi connectivity index (χ3v) is 5.96. The molecular formula is C17H20O7S2. The van der Waals surface area contributed by atoms with Crippen LogP contribution in [0.3, 0.4) is 0 Å². The van der Waals surface area contributed by atoms with Crippen LogP contribution in [0.25, 0.3) is 0 Å². The maximum Gasteiger partial charge on any atom is 0.340 e. The molecule has 9 heteroatoms. The number of hydrogen-bond donors (Lipinski definition) is 1. The van der Waals surface area contributed by atoms with Crippen LogP contribution in [0.15, 0.2) is 52.3 Å². The second-order valence-electron chi connectivity index (χ2n) is 5.72. The fourth-order valence-electron chi connectivity index (χ4n) is 2.21. The Bertz CT molecular complexity index is 996. The summed E-state index contributed by atoms with van der Waals surface area (Å²) in [5.74, 6) is 0.188. The highest BCUT2D eigenvalue weighted by molar-refractivity contribution is 7.92. The predicted octanol–water partition coefficient (Wildman–Crippen LogP) is 2.27. The van der Waals surface area contributed by atoms with E-state index in [9.17, 15) is 21.9 Å². The van der Waals surface area contributed by atoms with Crippen molar-refractivity contribution in [2.45, 2.75) is 36.3 Å². The number of sulfone groups is 1. The summed E-state index contributed by atoms with van der Waals surface area (Å²) in [4.78, 5) is -0.786. The third kappa shape index (κ3) is 4.96. The molecule has 2 aromatic rings. The Kier molecular flexibility index (Phi) is 5.94. The molecule has 0 amide bonds. The monoisotopic (exact) mass is 400 g/mol. The molecule has 0 heterocycles. The lowest BCUT2D eigenvalue weighted by atomic mass is 10.2. The van der Waals surface area contributed by atoms with Gasteiger partial charge in [-0.3, -0.25) is 0 Å². The van der Waals surface area contributed by atoms with Gasteiger partial charge in [-0.05, 0) is 36.8 Å². The van der Waals surface area contributed by atoms with Gasteiger partial charge in [0.05, 0.1) is 4.90 Å². The van der Waals surface area contributed by atoms with Gasteiger partial charge in [0.1, 0.15) is 16.4 Å². The van der Waals surface area contributed by atoms with Crippen LogP contribution < -0.4 is 8.92 Å². The van der Waals surface area contributed by atoms with Crippen LogP contribution >= 0.6 is 0 Å². The van der Waals surface area contributed by atoms with Gasteiger partial charge in [0.25, 0.3) is 0 Å². The van der Waals surface area contributed by atoms with E-state index in [4.69, 9.17) is 8.92 Å². The summed E-state index contributed by atoms with van der Waals surface area (Å²) in [5, 5.41) is 9.58. The zero-order valence-electron chi connectivity index (χ0n) is 14.5. The average Bonchev–Trinajstić information content (AvgIpc) is 2.53. The number of rotatable bonds is 7. The van der Waals surface area contributed by atoms with Crippen molar-refractivity contribution in [3.05, 3.63) is 48.0 Å². The highest BCUT2D eigenvalue weighted by Crippen LogP contribution is 2.28. The number of aliphatic hydroxyl groups is 1. The fourth-order valence-corrected chi connectivity index (χ4v) is 4.72. The van der Waals surface area contributed by atoms with Gasteiger partial charge in [-0.2, -0.15) is 8.42 Å². The van der Waals surface area contributed by atoms with E-state index in [-0.39, 0.29) is 16.4 Å². The summed E-state index contributed by atoms with van der Waals surface area (Å²) in [6, 6.07) is 9.60. The first-order valence-electron chi connectivity index (χ1n) is 7.73. The molecule has 2 rings (SSSR count). The van der Waals surface area contributed by atoms with E-state index in [2.05, 4.69) is 0 Å². The van der Waals surface area contributed by atoms with Crippen LogP contribution in [-0.4, -0.2) is 34.5 Å². The first-order valence-corrected chi connectivity index (χ1v) is 11.0. The van der Waals surface area contributed by atoms with Crippen LogP contribution in [0.2, 0.25) is 0 Å². The molecule has 0 fully saturated rings. The van der Waals surface area contributed by atoms with Crippen molar-refractivity contribution in [3.8, 4) is 11.5 Å². The van der Waals surface area contributed by atoms with Gasteiger partial charge in [0.15, 0.2) is 16.1 Å². The molecule has 1 atom stereocenters. The summed E-state index contributed by atoms with van der Waals surface area (Å²) in [5.41, 5.74) is 0.646. The van der Waals surface area contributed by atoms with Crippen LogP contribution in [0, 0.1) is 6.92 Å². The molecule has 0 radical (unpaired) electrons. The normalized spacial score (nSPS) is 13.2. The molecule has 0 aliphatic rings. The minimum Gasteiger partial charge on any atom is -0.465 e. The lowest BCUT2D eigenvalue weighted by Gasteiger charge is -2.14. The highest BCUT2D eigenvalue weighted by Gasteiger charge is 2.25. The molecule has 1 N–H and O–H groups in total. The SMILES string of the molecule is CCC(O)Oc1cc(C)cc(OS(=O)(=O)c2ccccc2S(C)(=O)=O)c1. The van der Waals surface area contributed by atoms with Gasteiger partial charge < -0.3 is 14.0 Å². The summed E-state index contributed by atoms with van der Waals surface area (Å²) in [7, 11) is -8.15. The van der Waals surface area contributed by atoms with Crippen molar-refractivity contribution in [2.75, 3.05) is 6.26 Å². The van der Waals surface area contributed by atoms with Crippen molar-refractivity contribution in [1.29, 1.82) is 0 Å². The van der Waals surface area contributed by atoms with E-state index in [1.807, 2.05) is 0 Å². The Morgan fingerprint density at radius 1 is 1.00 bits per heavy atom.